The van der Waals surface area contributed by atoms with Crippen molar-refractivity contribution in [3.05, 3.63) is 29.3 Å². The number of hydrogen-bond acceptors (Lipinski definition) is 6. The van der Waals surface area contributed by atoms with Crippen molar-refractivity contribution in [2.24, 2.45) is 4.99 Å². The van der Waals surface area contributed by atoms with Gasteiger partial charge < -0.3 is 20.1 Å². The Morgan fingerprint density at radius 1 is 1.30 bits per heavy atom. The van der Waals surface area contributed by atoms with E-state index in [1.54, 1.807) is 0 Å². The summed E-state index contributed by atoms with van der Waals surface area (Å²) in [5.74, 6) is 2.13. The Hall–Kier alpha value is -1.84. The van der Waals surface area contributed by atoms with Crippen molar-refractivity contribution in [3.8, 4) is 5.75 Å². The van der Waals surface area contributed by atoms with Crippen LogP contribution in [0.1, 0.15) is 24.5 Å². The Morgan fingerprint density at radius 3 is 2.80 bits per heavy atom. The number of guanidine groups is 1. The number of nitrogens with one attached hydrogen (secondary N) is 2. The average Bonchev–Trinajstić information content (AvgIpc) is 3.21. The zero-order valence-electron chi connectivity index (χ0n) is 18.0. The summed E-state index contributed by atoms with van der Waals surface area (Å²) < 4.78 is 34.7. The molecule has 2 heterocycles. The fourth-order valence-corrected chi connectivity index (χ4v) is 4.78. The number of benzene rings is 1. The highest BCUT2D eigenvalue weighted by Gasteiger charge is 2.21. The molecule has 1 unspecified atom stereocenters. The van der Waals surface area contributed by atoms with E-state index in [4.69, 9.17) is 14.5 Å². The molecule has 8 nitrogen and oxygen atoms in total. The van der Waals surface area contributed by atoms with Crippen LogP contribution < -0.4 is 15.4 Å². The van der Waals surface area contributed by atoms with Crippen LogP contribution in [0.5, 0.6) is 5.75 Å². The first-order valence-electron chi connectivity index (χ1n) is 10.7. The van der Waals surface area contributed by atoms with E-state index in [1.807, 2.05) is 6.92 Å². The van der Waals surface area contributed by atoms with Crippen molar-refractivity contribution >= 4 is 15.8 Å². The summed E-state index contributed by atoms with van der Waals surface area (Å²) in [6.07, 6.45) is 1.02. The fourth-order valence-electron chi connectivity index (χ4n) is 3.50. The number of sulfone groups is 1. The zero-order valence-corrected chi connectivity index (χ0v) is 18.8. The second-order valence-corrected chi connectivity index (χ2v) is 10.1. The van der Waals surface area contributed by atoms with Gasteiger partial charge in [-0.2, -0.15) is 0 Å². The highest BCUT2D eigenvalue weighted by molar-refractivity contribution is 7.91. The van der Waals surface area contributed by atoms with Crippen molar-refractivity contribution < 1.29 is 17.9 Å². The molecule has 0 aromatic heterocycles. The lowest BCUT2D eigenvalue weighted by Crippen LogP contribution is -2.45. The summed E-state index contributed by atoms with van der Waals surface area (Å²) in [6, 6.07) is 6.21. The summed E-state index contributed by atoms with van der Waals surface area (Å²) in [5.41, 5.74) is 2.20. The van der Waals surface area contributed by atoms with Gasteiger partial charge in [0, 0.05) is 44.7 Å². The van der Waals surface area contributed by atoms with Crippen LogP contribution in [0.4, 0.5) is 0 Å². The maximum atomic E-state index is 11.6. The summed E-state index contributed by atoms with van der Waals surface area (Å²) >= 11 is 0. The van der Waals surface area contributed by atoms with E-state index in [0.29, 0.717) is 32.8 Å². The van der Waals surface area contributed by atoms with Gasteiger partial charge in [-0.25, -0.2) is 13.4 Å². The van der Waals surface area contributed by atoms with Gasteiger partial charge in [-0.05, 0) is 25.5 Å². The minimum Gasteiger partial charge on any atom is -0.488 e. The van der Waals surface area contributed by atoms with Crippen LogP contribution in [-0.2, 0) is 21.1 Å². The van der Waals surface area contributed by atoms with Gasteiger partial charge in [-0.3, -0.25) is 4.90 Å². The zero-order chi connectivity index (χ0) is 21.4. The molecule has 2 saturated heterocycles. The molecule has 30 heavy (non-hydrogen) atoms. The fraction of sp³-hybridized carbons (Fsp3) is 0.667. The Bertz CT molecular complexity index is 808. The lowest BCUT2D eigenvalue weighted by atomic mass is 10.1. The van der Waals surface area contributed by atoms with E-state index >= 15 is 0 Å². The molecule has 2 aliphatic rings. The highest BCUT2D eigenvalue weighted by Crippen LogP contribution is 2.24. The standard InChI is InChI=1S/C21H34N4O4S/c1-3-22-21(23-7-8-25-9-12-30(26,27)13-10-25)24-15-18-5-4-17(2)14-20(18)29-19-6-11-28-16-19/h4-5,14,19H,3,6-13,15-16H2,1-2H3,(H2,22,23,24). The summed E-state index contributed by atoms with van der Waals surface area (Å²) in [6.45, 7) is 9.48. The summed E-state index contributed by atoms with van der Waals surface area (Å²) in [5, 5.41) is 6.62. The Kier molecular flexibility index (Phi) is 8.35. The number of aryl methyl sites for hydroxylation is 1. The lowest BCUT2D eigenvalue weighted by molar-refractivity contribution is 0.140. The van der Waals surface area contributed by atoms with Crippen LogP contribution in [0.3, 0.4) is 0 Å². The van der Waals surface area contributed by atoms with E-state index in [9.17, 15) is 8.42 Å². The van der Waals surface area contributed by atoms with Gasteiger partial charge in [0.1, 0.15) is 11.9 Å². The van der Waals surface area contributed by atoms with Crippen molar-refractivity contribution in [1.29, 1.82) is 0 Å². The van der Waals surface area contributed by atoms with Crippen molar-refractivity contribution in [2.45, 2.75) is 32.9 Å². The molecule has 2 fully saturated rings. The first kappa shape index (κ1) is 22.8. The Morgan fingerprint density at radius 2 is 2.10 bits per heavy atom. The van der Waals surface area contributed by atoms with Crippen molar-refractivity contribution in [3.63, 3.8) is 0 Å². The third-order valence-corrected chi connectivity index (χ3v) is 6.92. The first-order chi connectivity index (χ1) is 14.4. The third kappa shape index (κ3) is 7.14. The molecule has 0 amide bonds. The first-order valence-corrected chi connectivity index (χ1v) is 12.6. The molecule has 168 valence electrons. The number of ether oxygens (including phenoxy) is 2. The SMILES string of the molecule is CCNC(=NCc1ccc(C)cc1OC1CCOC1)NCCN1CCS(=O)(=O)CC1. The maximum Gasteiger partial charge on any atom is 0.191 e. The largest absolute Gasteiger partial charge is 0.488 e. The Balaban J connectivity index is 1.55. The van der Waals surface area contributed by atoms with Gasteiger partial charge >= 0.3 is 0 Å². The smallest absolute Gasteiger partial charge is 0.191 e. The summed E-state index contributed by atoms with van der Waals surface area (Å²) in [4.78, 5) is 6.90. The van der Waals surface area contributed by atoms with Crippen LogP contribution in [0.2, 0.25) is 0 Å². The third-order valence-electron chi connectivity index (χ3n) is 5.31. The topological polar surface area (TPSA) is 92.3 Å². The van der Waals surface area contributed by atoms with E-state index in [2.05, 4.69) is 40.7 Å². The lowest BCUT2D eigenvalue weighted by Gasteiger charge is -2.26. The van der Waals surface area contributed by atoms with Gasteiger partial charge in [-0.15, -0.1) is 0 Å². The highest BCUT2D eigenvalue weighted by atomic mass is 32.2. The van der Waals surface area contributed by atoms with Crippen LogP contribution in [0.25, 0.3) is 0 Å². The quantitative estimate of drug-likeness (QED) is 0.461. The number of rotatable bonds is 8. The molecule has 0 radical (unpaired) electrons. The molecular weight excluding hydrogens is 404 g/mol. The minimum absolute atomic E-state index is 0.106. The molecule has 1 aromatic rings. The molecular formula is C21H34N4O4S. The van der Waals surface area contributed by atoms with Crippen molar-refractivity contribution in [1.82, 2.24) is 15.5 Å². The van der Waals surface area contributed by atoms with E-state index in [0.717, 1.165) is 49.0 Å². The average molecular weight is 439 g/mol. The molecule has 0 spiro atoms. The van der Waals surface area contributed by atoms with Crippen LogP contribution in [-0.4, -0.2) is 82.8 Å². The van der Waals surface area contributed by atoms with Gasteiger partial charge in [0.25, 0.3) is 0 Å². The van der Waals surface area contributed by atoms with Gasteiger partial charge in [-0.1, -0.05) is 12.1 Å². The van der Waals surface area contributed by atoms with Crippen LogP contribution >= 0.6 is 0 Å². The molecule has 1 aromatic carbocycles. The minimum atomic E-state index is -2.84. The van der Waals surface area contributed by atoms with Crippen molar-refractivity contribution in [2.75, 3.05) is 57.4 Å². The Labute approximate surface area is 180 Å². The second kappa shape index (κ2) is 11.0. The number of hydrogen-bond donors (Lipinski definition) is 2. The number of aliphatic imine (C=N–C) groups is 1. The molecule has 9 heteroatoms. The van der Waals surface area contributed by atoms with E-state index in [1.165, 1.54) is 0 Å². The van der Waals surface area contributed by atoms with Gasteiger partial charge in [0.2, 0.25) is 0 Å². The second-order valence-electron chi connectivity index (χ2n) is 7.83. The number of nitrogens with zero attached hydrogens (tertiary/aromatic N) is 2. The maximum absolute atomic E-state index is 11.6. The predicted octanol–water partition coefficient (Wildman–Crippen LogP) is 0.948. The molecule has 1 atom stereocenters. The predicted molar refractivity (Wildman–Crippen MR) is 119 cm³/mol. The normalized spacial score (nSPS) is 22.1. The molecule has 0 aliphatic carbocycles. The molecule has 3 rings (SSSR count). The van der Waals surface area contributed by atoms with Gasteiger partial charge in [0.05, 0.1) is 31.3 Å². The molecule has 2 aliphatic heterocycles. The van der Waals surface area contributed by atoms with Gasteiger partial charge in [0.15, 0.2) is 15.8 Å². The van der Waals surface area contributed by atoms with E-state index in [-0.39, 0.29) is 17.6 Å². The molecule has 0 bridgehead atoms. The van der Waals surface area contributed by atoms with Crippen LogP contribution in [0, 0.1) is 6.92 Å². The molecule has 2 N–H and O–H groups in total. The molecule has 0 saturated carbocycles. The monoisotopic (exact) mass is 438 g/mol. The van der Waals surface area contributed by atoms with E-state index < -0.39 is 9.84 Å². The summed E-state index contributed by atoms with van der Waals surface area (Å²) in [7, 11) is -2.84. The van der Waals surface area contributed by atoms with Crippen LogP contribution in [0.15, 0.2) is 23.2 Å².